The average Bonchev–Trinajstić information content (AvgIpc) is 2.97. The van der Waals surface area contributed by atoms with Crippen molar-refractivity contribution in [2.24, 2.45) is 0 Å². The van der Waals surface area contributed by atoms with E-state index in [-0.39, 0.29) is 31.3 Å². The number of hydrogen-bond donors (Lipinski definition) is 1. The normalized spacial score (nSPS) is 19.7. The number of anilines is 1. The Morgan fingerprint density at radius 2 is 1.86 bits per heavy atom. The predicted octanol–water partition coefficient (Wildman–Crippen LogP) is 3.95. The number of rotatable bonds is 6. The molecule has 1 aromatic carbocycles. The summed E-state index contributed by atoms with van der Waals surface area (Å²) in [5.41, 5.74) is 2.27. The van der Waals surface area contributed by atoms with Crippen LogP contribution < -0.4 is 5.32 Å². The highest BCUT2D eigenvalue weighted by molar-refractivity contribution is 7.20. The first-order chi connectivity index (χ1) is 13.9. The van der Waals surface area contributed by atoms with Crippen molar-refractivity contribution < 1.29 is 19.1 Å². The maximum Gasteiger partial charge on any atom is 0.341 e. The molecule has 0 saturated carbocycles. The smallest absolute Gasteiger partial charge is 0.341 e. The van der Waals surface area contributed by atoms with Gasteiger partial charge in [-0.25, -0.2) is 4.79 Å². The van der Waals surface area contributed by atoms with Gasteiger partial charge in [-0.15, -0.1) is 11.3 Å². The number of nitrogens with zero attached hydrogens (tertiary/aromatic N) is 1. The van der Waals surface area contributed by atoms with Crippen molar-refractivity contribution in [1.29, 1.82) is 0 Å². The summed E-state index contributed by atoms with van der Waals surface area (Å²) in [6.45, 7) is 9.65. The molecule has 3 rings (SSSR count). The van der Waals surface area contributed by atoms with Gasteiger partial charge in [-0.1, -0.05) is 30.3 Å². The minimum absolute atomic E-state index is 0.0929. The molecule has 1 N–H and O–H groups in total. The molecule has 7 heteroatoms. The average molecular weight is 417 g/mol. The second-order valence-corrected chi connectivity index (χ2v) is 8.37. The molecule has 0 bridgehead atoms. The Kier molecular flexibility index (Phi) is 7.05. The van der Waals surface area contributed by atoms with E-state index in [1.54, 1.807) is 6.92 Å². The van der Waals surface area contributed by atoms with E-state index in [1.165, 1.54) is 11.3 Å². The second kappa shape index (κ2) is 9.52. The molecule has 1 saturated heterocycles. The first kappa shape index (κ1) is 21.5. The fourth-order valence-electron chi connectivity index (χ4n) is 3.70. The Bertz CT molecular complexity index is 855. The SMILES string of the molecule is CCOC(=O)c1c(NC(=O)CN2C[C@@H](C)O[C@@H](C)C2)sc(-c2ccccc2)c1C. The first-order valence-electron chi connectivity index (χ1n) is 9.92. The quantitative estimate of drug-likeness (QED) is 0.723. The van der Waals surface area contributed by atoms with Gasteiger partial charge in [-0.05, 0) is 38.8 Å². The molecule has 0 spiro atoms. The van der Waals surface area contributed by atoms with Crippen molar-refractivity contribution in [2.75, 3.05) is 31.6 Å². The van der Waals surface area contributed by atoms with Gasteiger partial charge in [0.25, 0.3) is 0 Å². The summed E-state index contributed by atoms with van der Waals surface area (Å²) in [6, 6.07) is 9.85. The molecule has 2 atom stereocenters. The number of thiophene rings is 1. The summed E-state index contributed by atoms with van der Waals surface area (Å²) >= 11 is 1.41. The molecule has 2 heterocycles. The molecule has 29 heavy (non-hydrogen) atoms. The lowest BCUT2D eigenvalue weighted by atomic mass is 10.1. The van der Waals surface area contributed by atoms with E-state index >= 15 is 0 Å². The second-order valence-electron chi connectivity index (χ2n) is 7.35. The predicted molar refractivity (Wildman–Crippen MR) is 116 cm³/mol. The zero-order valence-corrected chi connectivity index (χ0v) is 18.2. The molecule has 1 amide bonds. The van der Waals surface area contributed by atoms with Crippen LogP contribution in [0.2, 0.25) is 0 Å². The van der Waals surface area contributed by atoms with Crippen molar-refractivity contribution in [1.82, 2.24) is 4.90 Å². The van der Waals surface area contributed by atoms with Gasteiger partial charge in [-0.2, -0.15) is 0 Å². The summed E-state index contributed by atoms with van der Waals surface area (Å²) in [5.74, 6) is -0.551. The first-order valence-corrected chi connectivity index (χ1v) is 10.7. The van der Waals surface area contributed by atoms with Gasteiger partial charge in [0.2, 0.25) is 5.91 Å². The highest BCUT2D eigenvalue weighted by Crippen LogP contribution is 2.40. The van der Waals surface area contributed by atoms with Crippen LogP contribution in [0.15, 0.2) is 30.3 Å². The van der Waals surface area contributed by atoms with Crippen LogP contribution in [0.4, 0.5) is 5.00 Å². The zero-order chi connectivity index (χ0) is 21.0. The minimum Gasteiger partial charge on any atom is -0.462 e. The van der Waals surface area contributed by atoms with Crippen molar-refractivity contribution in [3.05, 3.63) is 41.5 Å². The molecule has 156 valence electrons. The van der Waals surface area contributed by atoms with Crippen molar-refractivity contribution >= 4 is 28.2 Å². The van der Waals surface area contributed by atoms with E-state index in [4.69, 9.17) is 9.47 Å². The lowest BCUT2D eigenvalue weighted by Crippen LogP contribution is -2.48. The van der Waals surface area contributed by atoms with Crippen LogP contribution >= 0.6 is 11.3 Å². The van der Waals surface area contributed by atoms with Crippen LogP contribution in [0.3, 0.4) is 0 Å². The zero-order valence-electron chi connectivity index (χ0n) is 17.4. The van der Waals surface area contributed by atoms with E-state index in [9.17, 15) is 9.59 Å². The number of esters is 1. The number of nitrogens with one attached hydrogen (secondary N) is 1. The third-order valence-corrected chi connectivity index (χ3v) is 6.03. The standard InChI is InChI=1S/C22H28N2O4S/c1-5-27-22(26)19-16(4)20(17-9-7-6-8-10-17)29-21(19)23-18(25)13-24-11-14(2)28-15(3)12-24/h6-10,14-15H,5,11-13H2,1-4H3,(H,23,25)/t14-,15+. The molecular formula is C22H28N2O4S. The Balaban J connectivity index is 1.83. The Labute approximate surface area is 175 Å². The van der Waals surface area contributed by atoms with E-state index in [0.29, 0.717) is 23.7 Å². The summed E-state index contributed by atoms with van der Waals surface area (Å²) < 4.78 is 11.0. The van der Waals surface area contributed by atoms with Gasteiger partial charge in [0.05, 0.1) is 30.9 Å². The molecule has 1 fully saturated rings. The largest absolute Gasteiger partial charge is 0.462 e. The van der Waals surface area contributed by atoms with Crippen molar-refractivity contribution in [3.63, 3.8) is 0 Å². The number of carbonyl (C=O) groups is 2. The summed E-state index contributed by atoms with van der Waals surface area (Å²) in [6.07, 6.45) is 0.186. The summed E-state index contributed by atoms with van der Waals surface area (Å²) in [4.78, 5) is 28.4. The third kappa shape index (κ3) is 5.23. The van der Waals surface area contributed by atoms with E-state index in [1.807, 2.05) is 51.1 Å². The van der Waals surface area contributed by atoms with E-state index in [0.717, 1.165) is 16.0 Å². The highest BCUT2D eigenvalue weighted by Gasteiger charge is 2.27. The number of amides is 1. The molecule has 1 aliphatic heterocycles. The van der Waals surface area contributed by atoms with Crippen LogP contribution in [0, 0.1) is 6.92 Å². The van der Waals surface area contributed by atoms with E-state index < -0.39 is 5.97 Å². The van der Waals surface area contributed by atoms with Crippen LogP contribution in [-0.2, 0) is 14.3 Å². The molecule has 0 unspecified atom stereocenters. The van der Waals surface area contributed by atoms with Gasteiger partial charge in [0, 0.05) is 18.0 Å². The van der Waals surface area contributed by atoms with Gasteiger partial charge < -0.3 is 14.8 Å². The van der Waals surface area contributed by atoms with Crippen molar-refractivity contribution in [3.8, 4) is 10.4 Å². The maximum atomic E-state index is 12.7. The Morgan fingerprint density at radius 3 is 2.48 bits per heavy atom. The molecule has 2 aromatic rings. The number of ether oxygens (including phenoxy) is 2. The number of benzene rings is 1. The Morgan fingerprint density at radius 1 is 1.21 bits per heavy atom. The highest BCUT2D eigenvalue weighted by atomic mass is 32.1. The molecular weight excluding hydrogens is 388 g/mol. The number of hydrogen-bond acceptors (Lipinski definition) is 6. The molecule has 0 radical (unpaired) electrons. The number of carbonyl (C=O) groups excluding carboxylic acids is 2. The number of morpholine rings is 1. The monoisotopic (exact) mass is 416 g/mol. The van der Waals surface area contributed by atoms with E-state index in [2.05, 4.69) is 10.2 Å². The van der Waals surface area contributed by atoms with Gasteiger partial charge in [-0.3, -0.25) is 9.69 Å². The van der Waals surface area contributed by atoms with Gasteiger partial charge in [0.15, 0.2) is 0 Å². The van der Waals surface area contributed by atoms with Gasteiger partial charge >= 0.3 is 5.97 Å². The third-order valence-electron chi connectivity index (χ3n) is 4.78. The van der Waals surface area contributed by atoms with Crippen LogP contribution in [0.1, 0.15) is 36.7 Å². The van der Waals surface area contributed by atoms with Crippen LogP contribution in [0.5, 0.6) is 0 Å². The fraction of sp³-hybridized carbons (Fsp3) is 0.455. The molecule has 1 aliphatic rings. The van der Waals surface area contributed by atoms with Crippen LogP contribution in [0.25, 0.3) is 10.4 Å². The Hall–Kier alpha value is -2.22. The fourth-order valence-corrected chi connectivity index (χ4v) is 4.91. The lowest BCUT2D eigenvalue weighted by Gasteiger charge is -2.34. The topological polar surface area (TPSA) is 67.9 Å². The summed E-state index contributed by atoms with van der Waals surface area (Å²) in [7, 11) is 0. The van der Waals surface area contributed by atoms with Gasteiger partial charge in [0.1, 0.15) is 5.00 Å². The van der Waals surface area contributed by atoms with Crippen molar-refractivity contribution in [2.45, 2.75) is 39.9 Å². The maximum absolute atomic E-state index is 12.7. The lowest BCUT2D eigenvalue weighted by molar-refractivity contribution is -0.121. The summed E-state index contributed by atoms with van der Waals surface area (Å²) in [5, 5.41) is 3.49. The van der Waals surface area contributed by atoms with Crippen LogP contribution in [-0.4, -0.2) is 55.2 Å². The molecule has 0 aliphatic carbocycles. The minimum atomic E-state index is -0.410. The molecule has 6 nitrogen and oxygen atoms in total. The molecule has 1 aromatic heterocycles.